The Labute approximate surface area is 101 Å². The van der Waals surface area contributed by atoms with E-state index < -0.39 is 17.8 Å². The van der Waals surface area contributed by atoms with Crippen LogP contribution in [0.3, 0.4) is 0 Å². The van der Waals surface area contributed by atoms with Crippen molar-refractivity contribution in [2.45, 2.75) is 51.4 Å². The average molecular weight is 246 g/mol. The van der Waals surface area contributed by atoms with E-state index in [0.29, 0.717) is 12.8 Å². The van der Waals surface area contributed by atoms with Crippen molar-refractivity contribution in [1.29, 1.82) is 0 Å². The number of amides is 1. The van der Waals surface area contributed by atoms with Gasteiger partial charge in [-0.2, -0.15) is 0 Å². The Kier molecular flexibility index (Phi) is 4.73. The summed E-state index contributed by atoms with van der Waals surface area (Å²) in [5, 5.41) is 20.7. The van der Waals surface area contributed by atoms with Crippen LogP contribution in [0.1, 0.15) is 33.6 Å². The van der Waals surface area contributed by atoms with Gasteiger partial charge in [-0.05, 0) is 39.5 Å². The molecule has 0 aliphatic heterocycles. The minimum Gasteiger partial charge on any atom is -0.444 e. The van der Waals surface area contributed by atoms with Crippen molar-refractivity contribution in [3.05, 3.63) is 0 Å². The number of hydrogen-bond donors (Lipinski definition) is 4. The van der Waals surface area contributed by atoms with Crippen LogP contribution in [0.25, 0.3) is 0 Å². The molecule has 1 rings (SSSR count). The third-order valence-corrected chi connectivity index (χ3v) is 2.74. The van der Waals surface area contributed by atoms with Crippen LogP contribution in [-0.4, -0.2) is 40.7 Å². The number of carbonyl (C=O) groups excluding carboxylic acids is 1. The fourth-order valence-electron chi connectivity index (χ4n) is 1.83. The highest BCUT2D eigenvalue weighted by Crippen LogP contribution is 2.30. The number of hydroxylamine groups is 1. The Hall–Kier alpha value is -0.850. The van der Waals surface area contributed by atoms with Gasteiger partial charge in [-0.3, -0.25) is 0 Å². The Morgan fingerprint density at radius 3 is 2.53 bits per heavy atom. The molecule has 6 nitrogen and oxygen atoms in total. The molecule has 1 fully saturated rings. The number of aliphatic hydroxyl groups is 1. The summed E-state index contributed by atoms with van der Waals surface area (Å²) in [5.74, 6) is 0.120. The zero-order valence-electron chi connectivity index (χ0n) is 10.6. The van der Waals surface area contributed by atoms with Crippen molar-refractivity contribution < 1.29 is 19.8 Å². The highest BCUT2D eigenvalue weighted by molar-refractivity contribution is 5.68. The lowest BCUT2D eigenvalue weighted by atomic mass is 9.77. The van der Waals surface area contributed by atoms with Gasteiger partial charge in [-0.15, -0.1) is 0 Å². The summed E-state index contributed by atoms with van der Waals surface area (Å²) in [4.78, 5) is 11.4. The van der Waals surface area contributed by atoms with Gasteiger partial charge >= 0.3 is 6.09 Å². The van der Waals surface area contributed by atoms with Crippen LogP contribution in [0.5, 0.6) is 0 Å². The van der Waals surface area contributed by atoms with Crippen LogP contribution >= 0.6 is 0 Å². The third-order valence-electron chi connectivity index (χ3n) is 2.74. The molecule has 1 unspecified atom stereocenters. The predicted molar refractivity (Wildman–Crippen MR) is 61.7 cm³/mol. The first kappa shape index (κ1) is 14.2. The molecule has 0 aromatic heterocycles. The third kappa shape index (κ3) is 4.89. The molecule has 0 spiro atoms. The first-order valence-corrected chi connectivity index (χ1v) is 5.86. The molecule has 0 heterocycles. The molecule has 0 saturated heterocycles. The van der Waals surface area contributed by atoms with Crippen molar-refractivity contribution in [3.63, 3.8) is 0 Å². The second kappa shape index (κ2) is 5.66. The van der Waals surface area contributed by atoms with Gasteiger partial charge in [-0.25, -0.2) is 10.3 Å². The smallest absolute Gasteiger partial charge is 0.407 e. The van der Waals surface area contributed by atoms with E-state index in [1.165, 1.54) is 0 Å². The van der Waals surface area contributed by atoms with Crippen LogP contribution in [0.15, 0.2) is 0 Å². The van der Waals surface area contributed by atoms with E-state index in [-0.39, 0.29) is 18.5 Å². The molecule has 0 radical (unpaired) electrons. The van der Waals surface area contributed by atoms with Crippen molar-refractivity contribution in [1.82, 2.24) is 10.8 Å². The molecular weight excluding hydrogens is 224 g/mol. The number of aliphatic hydroxyl groups excluding tert-OH is 1. The summed E-state index contributed by atoms with van der Waals surface area (Å²) < 4.78 is 5.12. The molecule has 6 heteroatoms. The lowest BCUT2D eigenvalue weighted by molar-refractivity contribution is 0.00687. The van der Waals surface area contributed by atoms with Gasteiger partial charge < -0.3 is 20.4 Å². The van der Waals surface area contributed by atoms with Crippen LogP contribution in [-0.2, 0) is 4.74 Å². The van der Waals surface area contributed by atoms with E-state index in [4.69, 9.17) is 9.94 Å². The van der Waals surface area contributed by atoms with E-state index in [1.807, 2.05) is 26.3 Å². The minimum absolute atomic E-state index is 0.0585. The first-order valence-electron chi connectivity index (χ1n) is 5.86. The summed E-state index contributed by atoms with van der Waals surface area (Å²) in [6.45, 7) is 5.59. The molecule has 1 aliphatic rings. The lowest BCUT2D eigenvalue weighted by Crippen LogP contribution is -2.50. The molecule has 0 bridgehead atoms. The van der Waals surface area contributed by atoms with E-state index >= 15 is 0 Å². The van der Waals surface area contributed by atoms with Gasteiger partial charge in [0.05, 0.1) is 6.10 Å². The number of carbonyl (C=O) groups is 1. The number of rotatable bonds is 4. The summed E-state index contributed by atoms with van der Waals surface area (Å²) >= 11 is 0. The average Bonchev–Trinajstić information content (AvgIpc) is 2.07. The minimum atomic E-state index is -0.573. The van der Waals surface area contributed by atoms with E-state index in [9.17, 15) is 9.90 Å². The zero-order chi connectivity index (χ0) is 13.1. The monoisotopic (exact) mass is 246 g/mol. The molecule has 17 heavy (non-hydrogen) atoms. The van der Waals surface area contributed by atoms with Crippen molar-refractivity contribution in [3.8, 4) is 0 Å². The number of alkyl carbamates (subject to hydrolysis) is 1. The summed E-state index contributed by atoms with van der Waals surface area (Å²) in [7, 11) is 0. The molecule has 4 N–H and O–H groups in total. The Morgan fingerprint density at radius 1 is 1.47 bits per heavy atom. The van der Waals surface area contributed by atoms with E-state index in [2.05, 4.69) is 5.32 Å². The standard InChI is InChI=1S/C11H22N2O4/c1-11(2,3)17-10(15)13-8-4-7(5-8)9(14)6-12-16/h7-9,12,14,16H,4-6H2,1-3H3,(H,13,15). The van der Waals surface area contributed by atoms with Crippen LogP contribution in [0.4, 0.5) is 4.79 Å². The fourth-order valence-corrected chi connectivity index (χ4v) is 1.83. The Morgan fingerprint density at radius 2 is 2.06 bits per heavy atom. The van der Waals surface area contributed by atoms with Crippen LogP contribution < -0.4 is 10.8 Å². The largest absolute Gasteiger partial charge is 0.444 e. The van der Waals surface area contributed by atoms with Gasteiger partial charge in [-0.1, -0.05) is 0 Å². The van der Waals surface area contributed by atoms with Gasteiger partial charge in [0.25, 0.3) is 0 Å². The maximum Gasteiger partial charge on any atom is 0.407 e. The van der Waals surface area contributed by atoms with E-state index in [1.54, 1.807) is 0 Å². The van der Waals surface area contributed by atoms with Gasteiger partial charge in [0.1, 0.15) is 5.60 Å². The SMILES string of the molecule is CC(C)(C)OC(=O)NC1CC(C(O)CNO)C1. The molecule has 0 aromatic carbocycles. The summed E-state index contributed by atoms with van der Waals surface area (Å²) in [6, 6.07) is 0.0585. The lowest BCUT2D eigenvalue weighted by Gasteiger charge is -2.38. The second-order valence-electron chi connectivity index (χ2n) is 5.50. The molecule has 1 amide bonds. The quantitative estimate of drug-likeness (QED) is 0.546. The highest BCUT2D eigenvalue weighted by atomic mass is 16.6. The molecular formula is C11H22N2O4. The maximum absolute atomic E-state index is 11.4. The molecule has 1 aliphatic carbocycles. The molecule has 1 saturated carbocycles. The molecule has 0 aromatic rings. The topological polar surface area (TPSA) is 90.8 Å². The van der Waals surface area contributed by atoms with Crippen molar-refractivity contribution >= 4 is 6.09 Å². The second-order valence-corrected chi connectivity index (χ2v) is 5.50. The zero-order valence-corrected chi connectivity index (χ0v) is 10.6. The number of nitrogens with one attached hydrogen (secondary N) is 2. The molecule has 100 valence electrons. The van der Waals surface area contributed by atoms with Gasteiger partial charge in [0.2, 0.25) is 0 Å². The van der Waals surface area contributed by atoms with Crippen molar-refractivity contribution in [2.24, 2.45) is 5.92 Å². The van der Waals surface area contributed by atoms with Gasteiger partial charge in [0.15, 0.2) is 0 Å². The maximum atomic E-state index is 11.4. The van der Waals surface area contributed by atoms with E-state index in [0.717, 1.165) is 0 Å². The normalized spacial score (nSPS) is 25.9. The highest BCUT2D eigenvalue weighted by Gasteiger charge is 2.35. The van der Waals surface area contributed by atoms with Crippen LogP contribution in [0, 0.1) is 5.92 Å². The predicted octanol–water partition coefficient (Wildman–Crippen LogP) is 0.629. The summed E-state index contributed by atoms with van der Waals surface area (Å²) in [5.41, 5.74) is 1.45. The van der Waals surface area contributed by atoms with Crippen LogP contribution in [0.2, 0.25) is 0 Å². The summed E-state index contributed by atoms with van der Waals surface area (Å²) in [6.07, 6.45) is 0.428. The Bertz CT molecular complexity index is 259. The number of hydrogen-bond acceptors (Lipinski definition) is 5. The first-order chi connectivity index (χ1) is 7.81. The van der Waals surface area contributed by atoms with Crippen molar-refractivity contribution in [2.75, 3.05) is 6.54 Å². The number of ether oxygens (including phenoxy) is 1. The molecule has 1 atom stereocenters. The van der Waals surface area contributed by atoms with Gasteiger partial charge in [0, 0.05) is 12.6 Å². The Balaban J connectivity index is 2.19. The fraction of sp³-hybridized carbons (Fsp3) is 0.909.